The van der Waals surface area contributed by atoms with E-state index in [1.807, 2.05) is 30.9 Å². The number of aryl methyl sites for hydroxylation is 2. The van der Waals surface area contributed by atoms with E-state index in [-0.39, 0.29) is 5.91 Å². The summed E-state index contributed by atoms with van der Waals surface area (Å²) in [6.07, 6.45) is 13.4. The Labute approximate surface area is 179 Å². The number of nitrogens with one attached hydrogen (secondary N) is 1. The lowest BCUT2D eigenvalue weighted by molar-refractivity contribution is 0.0947. The number of amides is 1. The minimum absolute atomic E-state index is 0.250. The van der Waals surface area contributed by atoms with Gasteiger partial charge < -0.3 is 9.88 Å². The van der Waals surface area contributed by atoms with Crippen molar-refractivity contribution in [2.24, 2.45) is 14.1 Å². The highest BCUT2D eigenvalue weighted by Gasteiger charge is 2.25. The molecule has 1 aliphatic carbocycles. The summed E-state index contributed by atoms with van der Waals surface area (Å²) in [5, 5.41) is 7.17. The quantitative estimate of drug-likeness (QED) is 0.537. The lowest BCUT2D eigenvalue weighted by Crippen LogP contribution is -2.24. The van der Waals surface area contributed by atoms with Crippen molar-refractivity contribution in [1.82, 2.24) is 39.6 Å². The summed E-state index contributed by atoms with van der Waals surface area (Å²) in [5.74, 6) is 1.17. The van der Waals surface area contributed by atoms with Crippen LogP contribution in [0.2, 0.25) is 0 Å². The highest BCUT2D eigenvalue weighted by Crippen LogP contribution is 2.34. The van der Waals surface area contributed by atoms with Gasteiger partial charge in [-0.3, -0.25) is 14.5 Å². The molecule has 4 aromatic rings. The number of hydrogen-bond donors (Lipinski definition) is 1. The van der Waals surface area contributed by atoms with E-state index in [1.165, 1.54) is 19.2 Å². The first-order valence-corrected chi connectivity index (χ1v) is 10.5. The van der Waals surface area contributed by atoms with Crippen LogP contribution in [0.25, 0.3) is 22.3 Å². The van der Waals surface area contributed by atoms with E-state index in [0.717, 1.165) is 35.4 Å². The zero-order valence-electron chi connectivity index (χ0n) is 17.6. The molecule has 9 nitrogen and oxygen atoms in total. The number of aromatic nitrogens is 7. The SMILES string of the molecule is Cn1cc(-c2cncc(CNC(=O)c3ncnc4nc(C5CCCC5)n(C)c34)c2)cn1. The van der Waals surface area contributed by atoms with E-state index >= 15 is 0 Å². The van der Waals surface area contributed by atoms with Gasteiger partial charge in [-0.15, -0.1) is 0 Å². The molecule has 0 aliphatic heterocycles. The van der Waals surface area contributed by atoms with Gasteiger partial charge in [0.25, 0.3) is 5.91 Å². The van der Waals surface area contributed by atoms with Gasteiger partial charge in [0, 0.05) is 56.3 Å². The number of rotatable bonds is 5. The van der Waals surface area contributed by atoms with Crippen LogP contribution in [-0.4, -0.2) is 40.2 Å². The summed E-state index contributed by atoms with van der Waals surface area (Å²) in [5.41, 5.74) is 4.44. The molecule has 158 valence electrons. The smallest absolute Gasteiger partial charge is 0.272 e. The predicted octanol–water partition coefficient (Wildman–Crippen LogP) is 2.75. The molecule has 31 heavy (non-hydrogen) atoms. The fraction of sp³-hybridized carbons (Fsp3) is 0.364. The predicted molar refractivity (Wildman–Crippen MR) is 115 cm³/mol. The molecular weight excluding hydrogens is 392 g/mol. The van der Waals surface area contributed by atoms with E-state index in [2.05, 4.69) is 25.4 Å². The molecule has 4 heterocycles. The summed E-state index contributed by atoms with van der Waals surface area (Å²) in [4.78, 5) is 30.6. The van der Waals surface area contributed by atoms with Crippen molar-refractivity contribution >= 4 is 17.1 Å². The molecule has 1 amide bonds. The third-order valence-electron chi connectivity index (χ3n) is 5.92. The van der Waals surface area contributed by atoms with Crippen molar-refractivity contribution < 1.29 is 4.79 Å². The number of nitrogens with zero attached hydrogens (tertiary/aromatic N) is 7. The third-order valence-corrected chi connectivity index (χ3v) is 5.92. The third kappa shape index (κ3) is 3.67. The van der Waals surface area contributed by atoms with Crippen LogP contribution in [0.3, 0.4) is 0 Å². The van der Waals surface area contributed by atoms with Gasteiger partial charge in [-0.2, -0.15) is 5.10 Å². The van der Waals surface area contributed by atoms with Crippen LogP contribution in [0.15, 0.2) is 37.2 Å². The van der Waals surface area contributed by atoms with Gasteiger partial charge in [-0.1, -0.05) is 12.8 Å². The van der Waals surface area contributed by atoms with Crippen LogP contribution >= 0.6 is 0 Å². The maximum Gasteiger partial charge on any atom is 0.272 e. The van der Waals surface area contributed by atoms with Crippen LogP contribution in [-0.2, 0) is 20.6 Å². The van der Waals surface area contributed by atoms with Crippen LogP contribution in [0.5, 0.6) is 0 Å². The number of fused-ring (bicyclic) bond motifs is 1. The summed E-state index contributed by atoms with van der Waals surface area (Å²) in [6.45, 7) is 0.346. The van der Waals surface area contributed by atoms with Crippen LogP contribution in [0, 0.1) is 0 Å². The minimum atomic E-state index is -0.250. The second kappa shape index (κ2) is 7.90. The van der Waals surface area contributed by atoms with Gasteiger partial charge in [-0.25, -0.2) is 15.0 Å². The minimum Gasteiger partial charge on any atom is -0.346 e. The normalized spacial score (nSPS) is 14.4. The number of pyridine rings is 1. The molecule has 1 aliphatic rings. The van der Waals surface area contributed by atoms with Gasteiger partial charge in [0.2, 0.25) is 0 Å². The molecule has 0 aromatic carbocycles. The van der Waals surface area contributed by atoms with Crippen molar-refractivity contribution in [1.29, 1.82) is 0 Å². The second-order valence-corrected chi connectivity index (χ2v) is 8.07. The van der Waals surface area contributed by atoms with Crippen molar-refractivity contribution in [3.05, 3.63) is 54.3 Å². The van der Waals surface area contributed by atoms with E-state index in [1.54, 1.807) is 23.3 Å². The summed E-state index contributed by atoms with van der Waals surface area (Å²) in [7, 11) is 3.82. The summed E-state index contributed by atoms with van der Waals surface area (Å²) < 4.78 is 3.74. The van der Waals surface area contributed by atoms with Gasteiger partial charge in [0.05, 0.1) is 6.20 Å². The van der Waals surface area contributed by atoms with Gasteiger partial charge in [0.1, 0.15) is 17.7 Å². The first kappa shape index (κ1) is 19.3. The molecule has 4 aromatic heterocycles. The molecule has 0 atom stereocenters. The van der Waals surface area contributed by atoms with Crippen molar-refractivity contribution in [3.8, 4) is 11.1 Å². The van der Waals surface area contributed by atoms with Gasteiger partial charge in [0.15, 0.2) is 11.3 Å². The van der Waals surface area contributed by atoms with Gasteiger partial charge in [-0.05, 0) is 24.5 Å². The molecule has 0 spiro atoms. The molecule has 0 radical (unpaired) electrons. The Hall–Kier alpha value is -3.62. The Morgan fingerprint density at radius 2 is 1.97 bits per heavy atom. The van der Waals surface area contributed by atoms with Crippen molar-refractivity contribution in [2.45, 2.75) is 38.1 Å². The molecule has 9 heteroatoms. The molecule has 1 saturated carbocycles. The van der Waals surface area contributed by atoms with E-state index in [9.17, 15) is 4.79 Å². The number of carbonyl (C=O) groups is 1. The molecule has 1 fully saturated rings. The average molecular weight is 416 g/mol. The molecule has 0 bridgehead atoms. The zero-order valence-corrected chi connectivity index (χ0v) is 17.6. The average Bonchev–Trinajstić information content (AvgIpc) is 3.53. The maximum atomic E-state index is 13.0. The monoisotopic (exact) mass is 416 g/mol. The molecule has 1 N–H and O–H groups in total. The summed E-state index contributed by atoms with van der Waals surface area (Å²) in [6, 6.07) is 2.00. The molecule has 5 rings (SSSR count). The van der Waals surface area contributed by atoms with E-state index in [0.29, 0.717) is 29.3 Å². The highest BCUT2D eigenvalue weighted by molar-refractivity contribution is 6.02. The fourth-order valence-electron chi connectivity index (χ4n) is 4.35. The number of imidazole rings is 1. The summed E-state index contributed by atoms with van der Waals surface area (Å²) >= 11 is 0. The number of hydrogen-bond acceptors (Lipinski definition) is 6. The molecule has 0 saturated heterocycles. The van der Waals surface area contributed by atoms with E-state index < -0.39 is 0 Å². The van der Waals surface area contributed by atoms with Gasteiger partial charge >= 0.3 is 0 Å². The molecule has 0 unspecified atom stereocenters. The lowest BCUT2D eigenvalue weighted by Gasteiger charge is -2.10. The highest BCUT2D eigenvalue weighted by atomic mass is 16.1. The topological polar surface area (TPSA) is 103 Å². The zero-order chi connectivity index (χ0) is 21.4. The Morgan fingerprint density at radius 1 is 1.13 bits per heavy atom. The number of carbonyl (C=O) groups excluding carboxylic acids is 1. The first-order chi connectivity index (χ1) is 15.1. The second-order valence-electron chi connectivity index (χ2n) is 8.07. The molecular formula is C22H24N8O. The fourth-order valence-corrected chi connectivity index (χ4v) is 4.35. The van der Waals surface area contributed by atoms with Crippen molar-refractivity contribution in [3.63, 3.8) is 0 Å². The van der Waals surface area contributed by atoms with Crippen LogP contribution in [0.1, 0.15) is 53.5 Å². The largest absolute Gasteiger partial charge is 0.346 e. The maximum absolute atomic E-state index is 13.0. The standard InChI is InChI=1S/C22H24N8O/c1-29-12-17(11-27-29)16-7-14(8-23-10-16)9-24-22(31)18-19-20(26-13-25-18)28-21(30(19)2)15-5-3-4-6-15/h7-8,10-13,15H,3-6,9H2,1-2H3,(H,24,31). The first-order valence-electron chi connectivity index (χ1n) is 10.5. The Balaban J connectivity index is 1.37. The Kier molecular flexibility index (Phi) is 4.93. The van der Waals surface area contributed by atoms with E-state index in [4.69, 9.17) is 4.98 Å². The van der Waals surface area contributed by atoms with Crippen LogP contribution in [0.4, 0.5) is 0 Å². The Bertz CT molecular complexity index is 1250. The van der Waals surface area contributed by atoms with Crippen LogP contribution < -0.4 is 5.32 Å². The van der Waals surface area contributed by atoms with Crippen molar-refractivity contribution in [2.75, 3.05) is 0 Å². The Morgan fingerprint density at radius 3 is 2.74 bits per heavy atom. The lowest BCUT2D eigenvalue weighted by atomic mass is 10.1.